The predicted octanol–water partition coefficient (Wildman–Crippen LogP) is 3.14. The minimum atomic E-state index is -2.66. The number of alkyl halides is 3. The van der Waals surface area contributed by atoms with Crippen molar-refractivity contribution in [3.05, 3.63) is 29.1 Å². The normalized spacial score (nSPS) is 10.6. The molecule has 0 saturated heterocycles. The maximum atomic E-state index is 12.3. The first-order valence-corrected chi connectivity index (χ1v) is 4.50. The van der Waals surface area contributed by atoms with Gasteiger partial charge in [0.2, 0.25) is 0 Å². The third-order valence-corrected chi connectivity index (χ3v) is 2.09. The van der Waals surface area contributed by atoms with Crippen LogP contribution < -0.4 is 0 Å². The average molecular weight is 240 g/mol. The molecule has 0 aliphatic heterocycles. The van der Waals surface area contributed by atoms with Gasteiger partial charge in [0.25, 0.3) is 11.7 Å². The molecule has 0 atom stereocenters. The van der Waals surface area contributed by atoms with E-state index in [-0.39, 0.29) is 22.7 Å². The Morgan fingerprint density at radius 3 is 2.64 bits per heavy atom. The Bertz CT molecular complexity index is 357. The molecule has 0 radical (unpaired) electrons. The van der Waals surface area contributed by atoms with E-state index in [2.05, 4.69) is 4.98 Å². The van der Waals surface area contributed by atoms with E-state index in [1.165, 1.54) is 6.07 Å². The Balaban J connectivity index is 3.18. The van der Waals surface area contributed by atoms with Crippen LogP contribution in [0.15, 0.2) is 12.3 Å². The lowest BCUT2D eigenvalue weighted by molar-refractivity contribution is 0.107. The first-order valence-electron chi connectivity index (χ1n) is 3.59. The van der Waals surface area contributed by atoms with Gasteiger partial charge in [0.05, 0.1) is 0 Å². The summed E-state index contributed by atoms with van der Waals surface area (Å²) in [6.45, 7) is 0. The lowest BCUT2D eigenvalue weighted by atomic mass is 10.1. The van der Waals surface area contributed by atoms with Gasteiger partial charge in [-0.2, -0.15) is 0 Å². The molecule has 6 heteroatoms. The number of rotatable bonds is 3. The first-order chi connectivity index (χ1) is 6.56. The number of pyridine rings is 1. The molecule has 0 N–H and O–H groups in total. The third-order valence-electron chi connectivity index (χ3n) is 1.60. The van der Waals surface area contributed by atoms with Crippen molar-refractivity contribution in [2.75, 3.05) is 0 Å². The largest absolute Gasteiger partial charge is 0.274 e. The molecule has 1 rings (SSSR count). The summed E-state index contributed by atoms with van der Waals surface area (Å²) < 4.78 is 24.7. The van der Waals surface area contributed by atoms with Crippen molar-refractivity contribution in [2.24, 2.45) is 0 Å². The molecule has 0 spiro atoms. The molecule has 1 heterocycles. The maximum Gasteiger partial charge on any atom is 0.270 e. The molecule has 1 aromatic heterocycles. The number of halogens is 4. The Labute approximate surface area is 88.8 Å². The van der Waals surface area contributed by atoms with Gasteiger partial charge < -0.3 is 0 Å². The number of carbonyl (C=O) groups excluding carboxylic acids is 1. The molecule has 14 heavy (non-hydrogen) atoms. The second kappa shape index (κ2) is 4.66. The fraction of sp³-hybridized carbons (Fsp3) is 0.250. The monoisotopic (exact) mass is 239 g/mol. The zero-order valence-electron chi connectivity index (χ0n) is 6.81. The molecule has 0 saturated carbocycles. The fourth-order valence-electron chi connectivity index (χ4n) is 0.927. The second-order valence-corrected chi connectivity index (χ2v) is 3.09. The molecular formula is C8H5Cl2F2NO. The zero-order chi connectivity index (χ0) is 10.7. The van der Waals surface area contributed by atoms with Gasteiger partial charge in [0.15, 0.2) is 0 Å². The zero-order valence-corrected chi connectivity index (χ0v) is 8.32. The number of hydrogen-bond acceptors (Lipinski definition) is 2. The van der Waals surface area contributed by atoms with Crippen molar-refractivity contribution in [2.45, 2.75) is 12.3 Å². The van der Waals surface area contributed by atoms with Crippen molar-refractivity contribution >= 4 is 28.4 Å². The number of hydrogen-bond donors (Lipinski definition) is 0. The highest BCUT2D eigenvalue weighted by Crippen LogP contribution is 2.24. The number of carbonyl (C=O) groups is 1. The van der Waals surface area contributed by atoms with Crippen LogP contribution in [0.25, 0.3) is 0 Å². The van der Waals surface area contributed by atoms with Crippen LogP contribution in [0.5, 0.6) is 0 Å². The highest BCUT2D eigenvalue weighted by molar-refractivity contribution is 6.67. The van der Waals surface area contributed by atoms with Gasteiger partial charge in [-0.3, -0.25) is 9.78 Å². The Hall–Kier alpha value is -0.740. The van der Waals surface area contributed by atoms with Crippen molar-refractivity contribution in [1.29, 1.82) is 0 Å². The van der Waals surface area contributed by atoms with Crippen LogP contribution in [0.1, 0.15) is 28.0 Å². The van der Waals surface area contributed by atoms with Gasteiger partial charge in [-0.1, -0.05) is 0 Å². The van der Waals surface area contributed by atoms with E-state index in [0.29, 0.717) is 0 Å². The number of aromatic nitrogens is 1. The Morgan fingerprint density at radius 2 is 2.21 bits per heavy atom. The van der Waals surface area contributed by atoms with E-state index in [1.54, 1.807) is 0 Å². The van der Waals surface area contributed by atoms with Gasteiger partial charge in [0.1, 0.15) is 5.69 Å². The summed E-state index contributed by atoms with van der Waals surface area (Å²) in [7, 11) is 0. The minimum Gasteiger partial charge on any atom is -0.274 e. The topological polar surface area (TPSA) is 30.0 Å². The smallest absolute Gasteiger partial charge is 0.270 e. The van der Waals surface area contributed by atoms with E-state index in [4.69, 9.17) is 23.2 Å². The second-order valence-electron chi connectivity index (χ2n) is 2.48. The van der Waals surface area contributed by atoms with Crippen LogP contribution in [-0.4, -0.2) is 10.2 Å². The van der Waals surface area contributed by atoms with Crippen LogP contribution in [0.3, 0.4) is 0 Å². The number of nitrogens with zero attached hydrogens (tertiary/aromatic N) is 1. The van der Waals surface area contributed by atoms with Gasteiger partial charge in [-0.15, -0.1) is 11.6 Å². The third kappa shape index (κ3) is 2.39. The van der Waals surface area contributed by atoms with Crippen LogP contribution in [0.2, 0.25) is 0 Å². The molecule has 0 aliphatic carbocycles. The molecule has 0 aromatic carbocycles. The van der Waals surface area contributed by atoms with Gasteiger partial charge in [-0.05, 0) is 23.2 Å². The van der Waals surface area contributed by atoms with Crippen molar-refractivity contribution in [3.63, 3.8) is 0 Å². The molecule has 0 fully saturated rings. The quantitative estimate of drug-likeness (QED) is 0.600. The van der Waals surface area contributed by atoms with E-state index in [0.717, 1.165) is 6.20 Å². The predicted molar refractivity (Wildman–Crippen MR) is 48.9 cm³/mol. The van der Waals surface area contributed by atoms with E-state index >= 15 is 0 Å². The molecule has 0 aliphatic rings. The highest BCUT2D eigenvalue weighted by Gasteiger charge is 2.15. The van der Waals surface area contributed by atoms with Crippen LogP contribution >= 0.6 is 23.2 Å². The minimum absolute atomic E-state index is 0.0771. The van der Waals surface area contributed by atoms with Crippen molar-refractivity contribution in [1.82, 2.24) is 4.98 Å². The Kier molecular flexibility index (Phi) is 3.77. The summed E-state index contributed by atoms with van der Waals surface area (Å²) in [5.74, 6) is -0.112. The summed E-state index contributed by atoms with van der Waals surface area (Å²) in [5, 5.41) is -0.794. The van der Waals surface area contributed by atoms with Gasteiger partial charge in [-0.25, -0.2) is 8.78 Å². The van der Waals surface area contributed by atoms with Crippen LogP contribution in [0.4, 0.5) is 8.78 Å². The SMILES string of the molecule is O=C(Cl)c1cc(CCl)c(C(F)F)cn1. The molecule has 2 nitrogen and oxygen atoms in total. The van der Waals surface area contributed by atoms with E-state index < -0.39 is 11.7 Å². The van der Waals surface area contributed by atoms with Crippen molar-refractivity contribution < 1.29 is 13.6 Å². The standard InChI is InChI=1S/C8H5Cl2F2NO/c9-2-4-1-6(7(10)14)13-3-5(4)8(11)12/h1,3,8H,2H2. The summed E-state index contributed by atoms with van der Waals surface area (Å²) in [4.78, 5) is 14.2. The molecule has 1 aromatic rings. The highest BCUT2D eigenvalue weighted by atomic mass is 35.5. The lowest BCUT2D eigenvalue weighted by Gasteiger charge is -2.05. The lowest BCUT2D eigenvalue weighted by Crippen LogP contribution is -2.00. The van der Waals surface area contributed by atoms with E-state index in [1.807, 2.05) is 0 Å². The van der Waals surface area contributed by atoms with Gasteiger partial charge in [0, 0.05) is 17.6 Å². The van der Waals surface area contributed by atoms with Crippen LogP contribution in [-0.2, 0) is 5.88 Å². The fourth-order valence-corrected chi connectivity index (χ4v) is 1.26. The summed E-state index contributed by atoms with van der Waals surface area (Å²) in [5.41, 5.74) is -0.186. The summed E-state index contributed by atoms with van der Waals surface area (Å²) in [6.07, 6.45) is -1.74. The maximum absolute atomic E-state index is 12.3. The summed E-state index contributed by atoms with van der Waals surface area (Å²) >= 11 is 10.6. The van der Waals surface area contributed by atoms with Crippen molar-refractivity contribution in [3.8, 4) is 0 Å². The van der Waals surface area contributed by atoms with E-state index in [9.17, 15) is 13.6 Å². The summed E-state index contributed by atoms with van der Waals surface area (Å²) in [6, 6.07) is 1.17. The molecule has 0 bridgehead atoms. The van der Waals surface area contributed by atoms with Gasteiger partial charge >= 0.3 is 0 Å². The van der Waals surface area contributed by atoms with Crippen LogP contribution in [0, 0.1) is 0 Å². The Morgan fingerprint density at radius 1 is 1.57 bits per heavy atom. The molecule has 76 valence electrons. The average Bonchev–Trinajstić information content (AvgIpc) is 2.16. The molecule has 0 unspecified atom stereocenters. The first kappa shape index (κ1) is 11.3. The molecule has 0 amide bonds. The molecular weight excluding hydrogens is 235 g/mol.